The monoisotopic (exact) mass is 363 g/mol. The van der Waals surface area contributed by atoms with Gasteiger partial charge in [-0.25, -0.2) is 0 Å². The van der Waals surface area contributed by atoms with Gasteiger partial charge in [0.15, 0.2) is 0 Å². The van der Waals surface area contributed by atoms with Gasteiger partial charge < -0.3 is 9.80 Å². The van der Waals surface area contributed by atoms with Crippen LogP contribution in [0.25, 0.3) is 0 Å². The maximum atomic E-state index is 12.3. The third-order valence-corrected chi connectivity index (χ3v) is 5.12. The van der Waals surface area contributed by atoms with Gasteiger partial charge in [0.1, 0.15) is 6.42 Å². The van der Waals surface area contributed by atoms with Crippen LogP contribution in [-0.4, -0.2) is 79.0 Å². The second kappa shape index (κ2) is 8.87. The molecule has 1 aliphatic carbocycles. The maximum absolute atomic E-state index is 12.3. The molecule has 0 atom stereocenters. The zero-order valence-electron chi connectivity index (χ0n) is 14.9. The fourth-order valence-electron chi connectivity index (χ4n) is 3.61. The molecule has 0 aromatic rings. The molecule has 1 saturated heterocycles. The summed E-state index contributed by atoms with van der Waals surface area (Å²) in [6.45, 7) is 2.41. The summed E-state index contributed by atoms with van der Waals surface area (Å²) in [4.78, 5) is 28.9. The molecular formula is C17H28F3N3O2. The number of alkyl halides is 3. The van der Waals surface area contributed by atoms with Crippen molar-refractivity contribution in [2.75, 3.05) is 46.3 Å². The molecule has 0 aromatic carbocycles. The Kier molecular flexibility index (Phi) is 7.10. The number of likely N-dealkylation sites (N-methyl/N-ethyl adjacent to an activating group) is 1. The quantitative estimate of drug-likeness (QED) is 0.752. The summed E-state index contributed by atoms with van der Waals surface area (Å²) < 4.78 is 36.8. The molecule has 0 unspecified atom stereocenters. The minimum atomic E-state index is -4.47. The predicted octanol–water partition coefficient (Wildman–Crippen LogP) is 2.12. The van der Waals surface area contributed by atoms with Gasteiger partial charge in [-0.05, 0) is 18.8 Å². The van der Waals surface area contributed by atoms with Crippen molar-refractivity contribution >= 4 is 11.8 Å². The Balaban J connectivity index is 1.70. The zero-order chi connectivity index (χ0) is 18.4. The van der Waals surface area contributed by atoms with Crippen molar-refractivity contribution in [3.05, 3.63) is 0 Å². The van der Waals surface area contributed by atoms with E-state index in [-0.39, 0.29) is 25.5 Å². The molecule has 2 fully saturated rings. The maximum Gasteiger partial charge on any atom is 0.397 e. The van der Waals surface area contributed by atoms with E-state index in [1.165, 1.54) is 37.0 Å². The van der Waals surface area contributed by atoms with E-state index in [1.807, 2.05) is 11.9 Å². The Morgan fingerprint density at radius 1 is 1.04 bits per heavy atom. The van der Waals surface area contributed by atoms with E-state index in [9.17, 15) is 22.8 Å². The molecule has 2 amide bonds. The highest BCUT2D eigenvalue weighted by Gasteiger charge is 2.34. The molecule has 0 aromatic heterocycles. The molecule has 0 N–H and O–H groups in total. The smallest absolute Gasteiger partial charge is 0.344 e. The predicted molar refractivity (Wildman–Crippen MR) is 87.9 cm³/mol. The van der Waals surface area contributed by atoms with Crippen molar-refractivity contribution < 1.29 is 22.8 Å². The van der Waals surface area contributed by atoms with Crippen LogP contribution in [0.2, 0.25) is 0 Å². The average Bonchev–Trinajstić information content (AvgIpc) is 2.54. The fourth-order valence-corrected chi connectivity index (χ4v) is 3.61. The van der Waals surface area contributed by atoms with Crippen LogP contribution in [0.4, 0.5) is 13.2 Å². The summed E-state index contributed by atoms with van der Waals surface area (Å²) in [7, 11) is 1.82. The first-order valence-corrected chi connectivity index (χ1v) is 9.05. The molecule has 25 heavy (non-hydrogen) atoms. The van der Waals surface area contributed by atoms with Gasteiger partial charge in [0.25, 0.3) is 0 Å². The van der Waals surface area contributed by atoms with Gasteiger partial charge in [-0.3, -0.25) is 14.5 Å². The van der Waals surface area contributed by atoms with Crippen molar-refractivity contribution in [1.29, 1.82) is 0 Å². The van der Waals surface area contributed by atoms with Gasteiger partial charge in [0, 0.05) is 39.8 Å². The molecular weight excluding hydrogens is 335 g/mol. The second-order valence-electron chi connectivity index (χ2n) is 7.23. The highest BCUT2D eigenvalue weighted by Crippen LogP contribution is 2.24. The second-order valence-corrected chi connectivity index (χ2v) is 7.23. The molecule has 0 spiro atoms. The summed E-state index contributed by atoms with van der Waals surface area (Å²) in [5, 5.41) is 0. The molecule has 2 rings (SSSR count). The molecule has 8 heteroatoms. The minimum Gasteiger partial charge on any atom is -0.344 e. The minimum absolute atomic E-state index is 0.0423. The Morgan fingerprint density at radius 2 is 1.64 bits per heavy atom. The van der Waals surface area contributed by atoms with Crippen LogP contribution in [0.3, 0.4) is 0 Å². The Hall–Kier alpha value is -1.31. The molecule has 0 radical (unpaired) electrons. The Bertz CT molecular complexity index is 457. The standard InChI is InChI=1S/C17H28F3N3O2/c1-21(12-14-5-3-2-4-6-14)16(25)13-22-7-9-23(10-8-22)15(24)11-17(18,19)20/h14H,2-13H2,1H3. The van der Waals surface area contributed by atoms with E-state index in [1.54, 1.807) is 4.90 Å². The fraction of sp³-hybridized carbons (Fsp3) is 0.882. The van der Waals surface area contributed by atoms with Gasteiger partial charge in [0.2, 0.25) is 11.8 Å². The third kappa shape index (κ3) is 6.84. The Labute approximate surface area is 147 Å². The molecule has 144 valence electrons. The lowest BCUT2D eigenvalue weighted by molar-refractivity contribution is -0.162. The van der Waals surface area contributed by atoms with Crippen molar-refractivity contribution in [1.82, 2.24) is 14.7 Å². The topological polar surface area (TPSA) is 43.9 Å². The highest BCUT2D eigenvalue weighted by atomic mass is 19.4. The van der Waals surface area contributed by atoms with Crippen LogP contribution in [-0.2, 0) is 9.59 Å². The first kappa shape index (κ1) is 20.0. The van der Waals surface area contributed by atoms with Gasteiger partial charge in [-0.15, -0.1) is 0 Å². The van der Waals surface area contributed by atoms with E-state index in [0.717, 1.165) is 6.54 Å². The van der Waals surface area contributed by atoms with E-state index in [2.05, 4.69) is 0 Å². The number of halogens is 3. The van der Waals surface area contributed by atoms with Crippen molar-refractivity contribution in [3.63, 3.8) is 0 Å². The number of hydrogen-bond donors (Lipinski definition) is 0. The number of carbonyl (C=O) groups is 2. The van der Waals surface area contributed by atoms with Crippen molar-refractivity contribution in [2.24, 2.45) is 5.92 Å². The summed E-state index contributed by atoms with van der Waals surface area (Å²) in [5.41, 5.74) is 0. The van der Waals surface area contributed by atoms with Crippen LogP contribution >= 0.6 is 0 Å². The van der Waals surface area contributed by atoms with Gasteiger partial charge in [-0.1, -0.05) is 19.3 Å². The molecule has 5 nitrogen and oxygen atoms in total. The number of amides is 2. The summed E-state index contributed by atoms with van der Waals surface area (Å²) in [6.07, 6.45) is 0.240. The number of carbonyl (C=O) groups excluding carboxylic acids is 2. The number of piperazine rings is 1. The average molecular weight is 363 g/mol. The normalized spacial score (nSPS) is 20.6. The van der Waals surface area contributed by atoms with E-state index in [0.29, 0.717) is 19.0 Å². The number of nitrogens with zero attached hydrogens (tertiary/aromatic N) is 3. The Morgan fingerprint density at radius 3 is 2.20 bits per heavy atom. The largest absolute Gasteiger partial charge is 0.397 e. The van der Waals surface area contributed by atoms with Gasteiger partial charge in [-0.2, -0.15) is 13.2 Å². The van der Waals surface area contributed by atoms with Gasteiger partial charge >= 0.3 is 6.18 Å². The number of rotatable bonds is 5. The van der Waals surface area contributed by atoms with Crippen molar-refractivity contribution in [2.45, 2.75) is 44.7 Å². The highest BCUT2D eigenvalue weighted by molar-refractivity contribution is 5.78. The first-order valence-electron chi connectivity index (χ1n) is 9.05. The van der Waals surface area contributed by atoms with Crippen LogP contribution < -0.4 is 0 Å². The zero-order valence-corrected chi connectivity index (χ0v) is 14.9. The van der Waals surface area contributed by atoms with Crippen LogP contribution in [0.1, 0.15) is 38.5 Å². The van der Waals surface area contributed by atoms with Crippen LogP contribution in [0, 0.1) is 5.92 Å². The molecule has 2 aliphatic rings. The lowest BCUT2D eigenvalue weighted by atomic mass is 9.89. The first-order chi connectivity index (χ1) is 11.7. The van der Waals surface area contributed by atoms with Crippen LogP contribution in [0.5, 0.6) is 0 Å². The summed E-state index contributed by atoms with van der Waals surface area (Å²) >= 11 is 0. The molecule has 1 heterocycles. The van der Waals surface area contributed by atoms with Crippen molar-refractivity contribution in [3.8, 4) is 0 Å². The summed E-state index contributed by atoms with van der Waals surface area (Å²) in [6, 6.07) is 0. The summed E-state index contributed by atoms with van der Waals surface area (Å²) in [5.74, 6) is -0.256. The van der Waals surface area contributed by atoms with E-state index < -0.39 is 18.5 Å². The van der Waals surface area contributed by atoms with Gasteiger partial charge in [0.05, 0.1) is 6.54 Å². The van der Waals surface area contributed by atoms with E-state index in [4.69, 9.17) is 0 Å². The lowest BCUT2D eigenvalue weighted by Crippen LogP contribution is -2.52. The molecule has 0 bridgehead atoms. The molecule has 1 saturated carbocycles. The molecule has 1 aliphatic heterocycles. The van der Waals surface area contributed by atoms with E-state index >= 15 is 0 Å². The third-order valence-electron chi connectivity index (χ3n) is 5.12. The lowest BCUT2D eigenvalue weighted by Gasteiger charge is -2.35. The SMILES string of the molecule is CN(CC1CCCCC1)C(=O)CN1CCN(C(=O)CC(F)(F)F)CC1. The van der Waals surface area contributed by atoms with Crippen LogP contribution in [0.15, 0.2) is 0 Å². The number of hydrogen-bond acceptors (Lipinski definition) is 3.